The fourth-order valence-corrected chi connectivity index (χ4v) is 2.60. The summed E-state index contributed by atoms with van der Waals surface area (Å²) in [5, 5.41) is 3.48. The van der Waals surface area contributed by atoms with E-state index < -0.39 is 0 Å². The van der Waals surface area contributed by atoms with Crippen molar-refractivity contribution in [3.63, 3.8) is 0 Å². The lowest BCUT2D eigenvalue weighted by Crippen LogP contribution is -1.94. The smallest absolute Gasteiger partial charge is 0.138 e. The largest absolute Gasteiger partial charge is 0.492 e. The van der Waals surface area contributed by atoms with Crippen LogP contribution in [0, 0.1) is 6.92 Å². The first kappa shape index (κ1) is 12.3. The van der Waals surface area contributed by atoms with Gasteiger partial charge in [-0.1, -0.05) is 11.6 Å². The Morgan fingerprint density at radius 1 is 1.35 bits per heavy atom. The molecule has 1 aromatic heterocycles. The molecule has 0 atom stereocenters. The number of ether oxygens (including phenoxy) is 1. The molecule has 2 rings (SSSR count). The summed E-state index contributed by atoms with van der Waals surface area (Å²) in [5.41, 5.74) is 9.09. The first-order chi connectivity index (χ1) is 8.11. The van der Waals surface area contributed by atoms with Crippen LogP contribution in [-0.2, 0) is 0 Å². The minimum atomic E-state index is 0.615. The van der Waals surface area contributed by atoms with Crippen LogP contribution >= 0.6 is 22.9 Å². The minimum absolute atomic E-state index is 0.615. The van der Waals surface area contributed by atoms with Gasteiger partial charge in [0.1, 0.15) is 5.75 Å². The normalized spacial score (nSPS) is 10.5. The van der Waals surface area contributed by atoms with Crippen molar-refractivity contribution in [1.29, 1.82) is 0 Å². The number of hydrogen-bond acceptors (Lipinski definition) is 3. The summed E-state index contributed by atoms with van der Waals surface area (Å²) >= 11 is 7.72. The molecule has 0 unspecified atom stereocenters. The highest BCUT2D eigenvalue weighted by Gasteiger charge is 2.09. The van der Waals surface area contributed by atoms with Gasteiger partial charge in [-0.05, 0) is 48.7 Å². The molecule has 0 bridgehead atoms. The number of aryl methyl sites for hydroxylation is 1. The molecule has 1 heterocycles. The molecular weight excluding hydrogens is 254 g/mol. The molecule has 2 N–H and O–H groups in total. The van der Waals surface area contributed by atoms with Crippen LogP contribution in [0.2, 0.25) is 5.02 Å². The molecule has 2 aromatic rings. The molecule has 4 heteroatoms. The van der Waals surface area contributed by atoms with E-state index in [0.717, 1.165) is 27.4 Å². The van der Waals surface area contributed by atoms with Gasteiger partial charge in [0, 0.05) is 5.38 Å². The Bertz CT molecular complexity index is 536. The van der Waals surface area contributed by atoms with Crippen LogP contribution in [-0.4, -0.2) is 6.61 Å². The lowest BCUT2D eigenvalue weighted by atomic mass is 10.0. The van der Waals surface area contributed by atoms with Crippen molar-refractivity contribution in [2.24, 2.45) is 0 Å². The van der Waals surface area contributed by atoms with Crippen LogP contribution < -0.4 is 10.5 Å². The molecule has 0 aliphatic rings. The van der Waals surface area contributed by atoms with Crippen LogP contribution in [0.5, 0.6) is 5.75 Å². The van der Waals surface area contributed by atoms with Crippen LogP contribution in [0.4, 0.5) is 5.00 Å². The SMILES string of the molecule is CCOc1cc(C)c(-c2csc(N)c2)cc1Cl. The Morgan fingerprint density at radius 3 is 2.71 bits per heavy atom. The fraction of sp³-hybridized carbons (Fsp3) is 0.231. The van der Waals surface area contributed by atoms with Crippen molar-refractivity contribution >= 4 is 27.9 Å². The Labute approximate surface area is 110 Å². The molecule has 2 nitrogen and oxygen atoms in total. The van der Waals surface area contributed by atoms with Gasteiger partial charge in [0.15, 0.2) is 0 Å². The standard InChI is InChI=1S/C13H14ClNOS/c1-3-16-12-4-8(2)10(6-11(12)14)9-5-13(15)17-7-9/h4-7H,3,15H2,1-2H3. The Hall–Kier alpha value is -1.19. The molecule has 0 amide bonds. The minimum Gasteiger partial charge on any atom is -0.492 e. The van der Waals surface area contributed by atoms with Crippen molar-refractivity contribution in [1.82, 2.24) is 0 Å². The maximum atomic E-state index is 6.18. The van der Waals surface area contributed by atoms with Crippen molar-refractivity contribution < 1.29 is 4.74 Å². The first-order valence-corrected chi connectivity index (χ1v) is 6.65. The van der Waals surface area contributed by atoms with Crippen LogP contribution in [0.25, 0.3) is 11.1 Å². The van der Waals surface area contributed by atoms with Crippen LogP contribution in [0.1, 0.15) is 12.5 Å². The molecule has 0 aliphatic heterocycles. The third kappa shape index (κ3) is 2.56. The average Bonchev–Trinajstić information content (AvgIpc) is 2.70. The Balaban J connectivity index is 2.46. The molecule has 0 aliphatic carbocycles. The van der Waals surface area contributed by atoms with E-state index in [-0.39, 0.29) is 0 Å². The van der Waals surface area contributed by atoms with E-state index >= 15 is 0 Å². The first-order valence-electron chi connectivity index (χ1n) is 5.39. The monoisotopic (exact) mass is 267 g/mol. The summed E-state index contributed by atoms with van der Waals surface area (Å²) < 4.78 is 5.46. The molecule has 0 fully saturated rings. The van der Waals surface area contributed by atoms with E-state index in [0.29, 0.717) is 11.6 Å². The van der Waals surface area contributed by atoms with Gasteiger partial charge in [-0.3, -0.25) is 0 Å². The number of hydrogen-bond donors (Lipinski definition) is 1. The second-order valence-corrected chi connectivity index (χ2v) is 5.12. The summed E-state index contributed by atoms with van der Waals surface area (Å²) in [4.78, 5) is 0. The lowest BCUT2D eigenvalue weighted by molar-refractivity contribution is 0.340. The number of anilines is 1. The van der Waals surface area contributed by atoms with Gasteiger partial charge in [0.05, 0.1) is 16.6 Å². The summed E-state index contributed by atoms with van der Waals surface area (Å²) in [6.07, 6.45) is 0. The van der Waals surface area contributed by atoms with Gasteiger partial charge in [0.25, 0.3) is 0 Å². The van der Waals surface area contributed by atoms with E-state index in [9.17, 15) is 0 Å². The number of benzene rings is 1. The van der Waals surface area contributed by atoms with Crippen molar-refractivity contribution in [3.05, 3.63) is 34.2 Å². The highest BCUT2D eigenvalue weighted by Crippen LogP contribution is 2.35. The zero-order valence-electron chi connectivity index (χ0n) is 9.79. The van der Waals surface area contributed by atoms with Gasteiger partial charge >= 0.3 is 0 Å². The van der Waals surface area contributed by atoms with Crippen molar-refractivity contribution in [2.45, 2.75) is 13.8 Å². The number of nitrogens with two attached hydrogens (primary N) is 1. The van der Waals surface area contributed by atoms with Crippen LogP contribution in [0.3, 0.4) is 0 Å². The van der Waals surface area contributed by atoms with Gasteiger partial charge in [-0.15, -0.1) is 11.3 Å². The van der Waals surface area contributed by atoms with Crippen molar-refractivity contribution in [3.8, 4) is 16.9 Å². The number of halogens is 1. The molecule has 0 radical (unpaired) electrons. The average molecular weight is 268 g/mol. The Kier molecular flexibility index (Phi) is 3.60. The van der Waals surface area contributed by atoms with Gasteiger partial charge in [0.2, 0.25) is 0 Å². The maximum Gasteiger partial charge on any atom is 0.138 e. The maximum absolute atomic E-state index is 6.18. The summed E-state index contributed by atoms with van der Waals surface area (Å²) in [5.74, 6) is 0.735. The topological polar surface area (TPSA) is 35.2 Å². The molecule has 0 spiro atoms. The molecule has 0 saturated carbocycles. The molecule has 17 heavy (non-hydrogen) atoms. The zero-order chi connectivity index (χ0) is 12.4. The van der Waals surface area contributed by atoms with E-state index in [2.05, 4.69) is 0 Å². The molecule has 0 saturated heterocycles. The third-order valence-corrected chi connectivity index (χ3v) is 3.57. The summed E-state index contributed by atoms with van der Waals surface area (Å²) in [6.45, 7) is 4.60. The van der Waals surface area contributed by atoms with Gasteiger partial charge < -0.3 is 10.5 Å². The number of thiophene rings is 1. The molecular formula is C13H14ClNOS. The van der Waals surface area contributed by atoms with Gasteiger partial charge in [-0.25, -0.2) is 0 Å². The quantitative estimate of drug-likeness (QED) is 0.897. The lowest BCUT2D eigenvalue weighted by Gasteiger charge is -2.10. The second kappa shape index (κ2) is 4.98. The van der Waals surface area contributed by atoms with E-state index in [4.69, 9.17) is 22.1 Å². The predicted molar refractivity (Wildman–Crippen MR) is 75.1 cm³/mol. The van der Waals surface area contributed by atoms with E-state index in [1.807, 2.05) is 37.4 Å². The molecule has 1 aromatic carbocycles. The zero-order valence-corrected chi connectivity index (χ0v) is 11.4. The number of rotatable bonds is 3. The second-order valence-electron chi connectivity index (χ2n) is 3.77. The van der Waals surface area contributed by atoms with E-state index in [1.165, 1.54) is 11.3 Å². The van der Waals surface area contributed by atoms with Crippen molar-refractivity contribution in [2.75, 3.05) is 12.3 Å². The Morgan fingerprint density at radius 2 is 2.12 bits per heavy atom. The number of nitrogen functional groups attached to an aromatic ring is 1. The fourth-order valence-electron chi connectivity index (χ4n) is 1.73. The summed E-state index contributed by atoms with van der Waals surface area (Å²) in [6, 6.07) is 5.86. The highest BCUT2D eigenvalue weighted by molar-refractivity contribution is 7.14. The van der Waals surface area contributed by atoms with Gasteiger partial charge in [-0.2, -0.15) is 0 Å². The molecule has 90 valence electrons. The summed E-state index contributed by atoms with van der Waals surface area (Å²) in [7, 11) is 0. The predicted octanol–water partition coefficient (Wildman–Crippen LogP) is 4.36. The van der Waals surface area contributed by atoms with E-state index in [1.54, 1.807) is 0 Å². The van der Waals surface area contributed by atoms with Crippen LogP contribution in [0.15, 0.2) is 23.6 Å². The highest BCUT2D eigenvalue weighted by atomic mass is 35.5. The third-order valence-electron chi connectivity index (χ3n) is 2.51.